The number of halogens is 1. The van der Waals surface area contributed by atoms with E-state index in [1.165, 1.54) is 17.7 Å². The lowest BCUT2D eigenvalue weighted by Crippen LogP contribution is -2.49. The van der Waals surface area contributed by atoms with Crippen molar-refractivity contribution in [2.75, 3.05) is 0 Å². The van der Waals surface area contributed by atoms with Crippen LogP contribution in [-0.4, -0.2) is 31.9 Å². The quantitative estimate of drug-likeness (QED) is 0.925. The number of fused-ring (bicyclic) bond motifs is 2. The number of hydrogen-bond donors (Lipinski definition) is 1. The van der Waals surface area contributed by atoms with E-state index in [2.05, 4.69) is 30.0 Å². The van der Waals surface area contributed by atoms with E-state index in [0.29, 0.717) is 24.9 Å². The standard InChI is InChI=1S/C20H26FN3O/c1-3-23-12-15(14(2)22-23)13-24-18-7-8-19(24)11-20(25,10-18)16-5-4-6-17(21)9-16/h4-6,9,12,18-19,25H,3,7-8,10-11,13H2,1-2H3/t18-,19+,20?. The molecule has 3 heterocycles. The second-order valence-electron chi connectivity index (χ2n) is 7.60. The second-order valence-corrected chi connectivity index (χ2v) is 7.60. The average Bonchev–Trinajstić information content (AvgIpc) is 3.06. The molecule has 134 valence electrons. The Bertz CT molecular complexity index is 758. The molecule has 4 nitrogen and oxygen atoms in total. The van der Waals surface area contributed by atoms with Gasteiger partial charge in [-0.2, -0.15) is 5.10 Å². The van der Waals surface area contributed by atoms with Crippen molar-refractivity contribution in [3.8, 4) is 0 Å². The summed E-state index contributed by atoms with van der Waals surface area (Å²) < 4.78 is 15.6. The van der Waals surface area contributed by atoms with Crippen LogP contribution in [0.5, 0.6) is 0 Å². The predicted octanol–water partition coefficient (Wildman–Crippen LogP) is 3.37. The van der Waals surface area contributed by atoms with Gasteiger partial charge in [-0.25, -0.2) is 4.39 Å². The summed E-state index contributed by atoms with van der Waals surface area (Å²) in [5, 5.41) is 15.8. The smallest absolute Gasteiger partial charge is 0.123 e. The second kappa shape index (κ2) is 6.22. The minimum Gasteiger partial charge on any atom is -0.385 e. The van der Waals surface area contributed by atoms with Crippen molar-refractivity contribution in [1.82, 2.24) is 14.7 Å². The zero-order chi connectivity index (χ0) is 17.6. The van der Waals surface area contributed by atoms with Crippen LogP contribution >= 0.6 is 0 Å². The Balaban J connectivity index is 1.55. The van der Waals surface area contributed by atoms with Gasteiger partial charge in [-0.3, -0.25) is 9.58 Å². The summed E-state index contributed by atoms with van der Waals surface area (Å²) >= 11 is 0. The van der Waals surface area contributed by atoms with Crippen LogP contribution in [0.1, 0.15) is 49.4 Å². The summed E-state index contributed by atoms with van der Waals surface area (Å²) in [4.78, 5) is 2.53. The number of aryl methyl sites for hydroxylation is 2. The normalized spacial score (nSPS) is 29.3. The third-order valence-electron chi connectivity index (χ3n) is 6.00. The minimum absolute atomic E-state index is 0.275. The summed E-state index contributed by atoms with van der Waals surface area (Å²) in [7, 11) is 0. The van der Waals surface area contributed by atoms with E-state index in [1.807, 2.05) is 10.7 Å². The van der Waals surface area contributed by atoms with E-state index in [1.54, 1.807) is 6.07 Å². The van der Waals surface area contributed by atoms with Crippen LogP contribution < -0.4 is 0 Å². The first-order chi connectivity index (χ1) is 12.0. The van der Waals surface area contributed by atoms with E-state index >= 15 is 0 Å². The molecule has 1 N–H and O–H groups in total. The molecule has 1 aromatic carbocycles. The molecule has 0 aliphatic carbocycles. The van der Waals surface area contributed by atoms with Gasteiger partial charge in [0.1, 0.15) is 5.82 Å². The molecule has 1 unspecified atom stereocenters. The Kier molecular flexibility index (Phi) is 4.16. The highest BCUT2D eigenvalue weighted by molar-refractivity contribution is 5.26. The number of aromatic nitrogens is 2. The number of benzene rings is 1. The molecule has 4 rings (SSSR count). The zero-order valence-corrected chi connectivity index (χ0v) is 15.0. The fourth-order valence-corrected chi connectivity index (χ4v) is 4.66. The summed E-state index contributed by atoms with van der Waals surface area (Å²) in [5.74, 6) is -0.275. The highest BCUT2D eigenvalue weighted by atomic mass is 19.1. The van der Waals surface area contributed by atoms with Crippen molar-refractivity contribution in [2.24, 2.45) is 0 Å². The molecule has 2 aliphatic heterocycles. The summed E-state index contributed by atoms with van der Waals surface area (Å²) in [6.07, 6.45) is 5.69. The van der Waals surface area contributed by atoms with Crippen LogP contribution in [0.4, 0.5) is 4.39 Å². The predicted molar refractivity (Wildman–Crippen MR) is 94.5 cm³/mol. The molecule has 0 radical (unpaired) electrons. The van der Waals surface area contributed by atoms with Crippen LogP contribution in [0, 0.1) is 12.7 Å². The van der Waals surface area contributed by atoms with Crippen LogP contribution in [0.2, 0.25) is 0 Å². The lowest BCUT2D eigenvalue weighted by Gasteiger charge is -2.44. The van der Waals surface area contributed by atoms with Crippen molar-refractivity contribution in [3.63, 3.8) is 0 Å². The van der Waals surface area contributed by atoms with Gasteiger partial charge < -0.3 is 5.11 Å². The number of hydrogen-bond acceptors (Lipinski definition) is 3. The third-order valence-corrected chi connectivity index (χ3v) is 6.00. The molecule has 3 atom stereocenters. The number of nitrogens with zero attached hydrogens (tertiary/aromatic N) is 3. The van der Waals surface area contributed by atoms with E-state index in [-0.39, 0.29) is 5.82 Å². The van der Waals surface area contributed by atoms with Crippen LogP contribution in [-0.2, 0) is 18.7 Å². The van der Waals surface area contributed by atoms with Gasteiger partial charge in [0.15, 0.2) is 0 Å². The molecule has 0 spiro atoms. The monoisotopic (exact) mass is 343 g/mol. The summed E-state index contributed by atoms with van der Waals surface area (Å²) in [5.41, 5.74) is 2.17. The van der Waals surface area contributed by atoms with Gasteiger partial charge in [0.05, 0.1) is 11.3 Å². The Morgan fingerprint density at radius 3 is 2.60 bits per heavy atom. The van der Waals surface area contributed by atoms with Crippen molar-refractivity contribution >= 4 is 0 Å². The van der Waals surface area contributed by atoms with Crippen LogP contribution in [0.15, 0.2) is 30.5 Å². The maximum Gasteiger partial charge on any atom is 0.123 e. The lowest BCUT2D eigenvalue weighted by molar-refractivity contribution is -0.0597. The van der Waals surface area contributed by atoms with E-state index in [0.717, 1.165) is 37.2 Å². The van der Waals surface area contributed by atoms with Gasteiger partial charge in [-0.15, -0.1) is 0 Å². The Morgan fingerprint density at radius 1 is 1.28 bits per heavy atom. The maximum atomic E-state index is 13.6. The molecule has 2 fully saturated rings. The highest BCUT2D eigenvalue weighted by Gasteiger charge is 2.48. The largest absolute Gasteiger partial charge is 0.385 e. The van der Waals surface area contributed by atoms with Crippen LogP contribution in [0.3, 0.4) is 0 Å². The molecular formula is C20H26FN3O. The molecule has 2 saturated heterocycles. The van der Waals surface area contributed by atoms with Gasteiger partial charge in [0, 0.05) is 36.9 Å². The van der Waals surface area contributed by atoms with Gasteiger partial charge >= 0.3 is 0 Å². The van der Waals surface area contributed by atoms with E-state index in [9.17, 15) is 9.50 Å². The molecule has 5 heteroatoms. The number of piperidine rings is 1. The molecular weight excluding hydrogens is 317 g/mol. The van der Waals surface area contributed by atoms with Gasteiger partial charge in [-0.1, -0.05) is 12.1 Å². The van der Waals surface area contributed by atoms with Crippen molar-refractivity contribution < 1.29 is 9.50 Å². The van der Waals surface area contributed by atoms with E-state index < -0.39 is 5.60 Å². The highest BCUT2D eigenvalue weighted by Crippen LogP contribution is 2.46. The van der Waals surface area contributed by atoms with E-state index in [4.69, 9.17) is 0 Å². The first kappa shape index (κ1) is 16.7. The molecule has 2 bridgehead atoms. The maximum absolute atomic E-state index is 13.6. The zero-order valence-electron chi connectivity index (χ0n) is 15.0. The van der Waals surface area contributed by atoms with Gasteiger partial charge in [-0.05, 0) is 57.2 Å². The van der Waals surface area contributed by atoms with Crippen molar-refractivity contribution in [2.45, 2.75) is 70.3 Å². The third kappa shape index (κ3) is 3.00. The Hall–Kier alpha value is -1.72. The molecule has 0 amide bonds. The molecule has 2 aromatic rings. The molecule has 25 heavy (non-hydrogen) atoms. The topological polar surface area (TPSA) is 41.3 Å². The summed E-state index contributed by atoms with van der Waals surface area (Å²) in [6, 6.07) is 7.16. The number of aliphatic hydroxyl groups is 1. The minimum atomic E-state index is -0.910. The SMILES string of the molecule is CCn1cc(CN2[C@@H]3CC[C@H]2CC(O)(c2cccc(F)c2)C3)c(C)n1. The fourth-order valence-electron chi connectivity index (χ4n) is 4.66. The van der Waals surface area contributed by atoms with Crippen molar-refractivity contribution in [3.05, 3.63) is 53.1 Å². The van der Waals surface area contributed by atoms with Gasteiger partial charge in [0.25, 0.3) is 0 Å². The molecule has 1 aromatic heterocycles. The van der Waals surface area contributed by atoms with Crippen molar-refractivity contribution in [1.29, 1.82) is 0 Å². The average molecular weight is 343 g/mol. The van der Waals surface area contributed by atoms with Crippen LogP contribution in [0.25, 0.3) is 0 Å². The Morgan fingerprint density at radius 2 is 2.00 bits per heavy atom. The first-order valence-electron chi connectivity index (χ1n) is 9.25. The number of rotatable bonds is 4. The molecule has 0 saturated carbocycles. The first-order valence-corrected chi connectivity index (χ1v) is 9.25. The molecule has 2 aliphatic rings. The Labute approximate surface area is 148 Å². The summed E-state index contributed by atoms with van der Waals surface area (Å²) in [6.45, 7) is 5.93. The van der Waals surface area contributed by atoms with Gasteiger partial charge in [0.2, 0.25) is 0 Å². The lowest BCUT2D eigenvalue weighted by atomic mass is 9.80. The fraction of sp³-hybridized carbons (Fsp3) is 0.550.